The quantitative estimate of drug-likeness (QED) is 0.777. The Balaban J connectivity index is 2.16. The number of carbonyl (C=O) groups excluding carboxylic acids is 2. The summed E-state index contributed by atoms with van der Waals surface area (Å²) < 4.78 is 5.26. The lowest BCUT2D eigenvalue weighted by molar-refractivity contribution is -0.116. The molecule has 2 aromatic rings. The number of carbonyl (C=O) groups is 2. The SMILES string of the molecule is CCCCC(=O)Nc1cc(NC(=O)c2ccncc2Cl)ccc1OC. The van der Waals surface area contributed by atoms with Gasteiger partial charge in [0.2, 0.25) is 5.91 Å². The van der Waals surface area contributed by atoms with E-state index in [9.17, 15) is 9.59 Å². The van der Waals surface area contributed by atoms with Crippen molar-refractivity contribution in [3.05, 3.63) is 47.2 Å². The third-order valence-corrected chi connectivity index (χ3v) is 3.81. The molecule has 0 bridgehead atoms. The Kier molecular flexibility index (Phi) is 6.77. The third-order valence-electron chi connectivity index (χ3n) is 3.51. The number of anilines is 2. The Morgan fingerprint density at radius 3 is 2.72 bits per heavy atom. The Hall–Kier alpha value is -2.60. The molecule has 0 aliphatic rings. The molecule has 1 aromatic carbocycles. The third kappa shape index (κ3) is 5.19. The molecule has 0 atom stereocenters. The number of hydrogen-bond donors (Lipinski definition) is 2. The highest BCUT2D eigenvalue weighted by molar-refractivity contribution is 6.34. The number of methoxy groups -OCH3 is 1. The van der Waals surface area contributed by atoms with Crippen LogP contribution in [0.2, 0.25) is 5.02 Å². The molecule has 0 spiro atoms. The van der Waals surface area contributed by atoms with Crippen LogP contribution in [0.15, 0.2) is 36.7 Å². The van der Waals surface area contributed by atoms with E-state index in [0.717, 1.165) is 12.8 Å². The van der Waals surface area contributed by atoms with E-state index in [1.165, 1.54) is 25.6 Å². The van der Waals surface area contributed by atoms with Crippen molar-refractivity contribution in [2.24, 2.45) is 0 Å². The largest absolute Gasteiger partial charge is 0.495 e. The minimum atomic E-state index is -0.360. The van der Waals surface area contributed by atoms with E-state index < -0.39 is 0 Å². The van der Waals surface area contributed by atoms with Gasteiger partial charge in [0.05, 0.1) is 23.4 Å². The van der Waals surface area contributed by atoms with E-state index in [2.05, 4.69) is 15.6 Å². The van der Waals surface area contributed by atoms with E-state index in [4.69, 9.17) is 16.3 Å². The van der Waals surface area contributed by atoms with E-state index >= 15 is 0 Å². The van der Waals surface area contributed by atoms with E-state index in [-0.39, 0.29) is 16.8 Å². The van der Waals surface area contributed by atoms with Crippen LogP contribution in [0.3, 0.4) is 0 Å². The van der Waals surface area contributed by atoms with Crippen molar-refractivity contribution >= 4 is 34.8 Å². The molecule has 6 nitrogen and oxygen atoms in total. The second-order valence-electron chi connectivity index (χ2n) is 5.38. The first kappa shape index (κ1) is 18.7. The summed E-state index contributed by atoms with van der Waals surface area (Å²) >= 11 is 5.98. The number of benzene rings is 1. The maximum Gasteiger partial charge on any atom is 0.257 e. The summed E-state index contributed by atoms with van der Waals surface area (Å²) in [6.07, 6.45) is 5.08. The smallest absolute Gasteiger partial charge is 0.257 e. The summed E-state index contributed by atoms with van der Waals surface area (Å²) in [6.45, 7) is 2.02. The summed E-state index contributed by atoms with van der Waals surface area (Å²) in [6, 6.07) is 6.55. The highest BCUT2D eigenvalue weighted by atomic mass is 35.5. The van der Waals surface area contributed by atoms with Crippen LogP contribution in [-0.2, 0) is 4.79 Å². The molecule has 0 saturated carbocycles. The number of unbranched alkanes of at least 4 members (excludes halogenated alkanes) is 1. The van der Waals surface area contributed by atoms with Gasteiger partial charge in [0.1, 0.15) is 5.75 Å². The van der Waals surface area contributed by atoms with Crippen molar-refractivity contribution in [1.82, 2.24) is 4.98 Å². The molecule has 0 aliphatic heterocycles. The van der Waals surface area contributed by atoms with Crippen LogP contribution in [0.4, 0.5) is 11.4 Å². The predicted molar refractivity (Wildman–Crippen MR) is 98.3 cm³/mol. The fourth-order valence-electron chi connectivity index (χ4n) is 2.19. The maximum atomic E-state index is 12.3. The number of rotatable bonds is 7. The average molecular weight is 362 g/mol. The van der Waals surface area contributed by atoms with Crippen LogP contribution in [0.25, 0.3) is 0 Å². The zero-order chi connectivity index (χ0) is 18.2. The van der Waals surface area contributed by atoms with E-state index in [1.807, 2.05) is 6.92 Å². The highest BCUT2D eigenvalue weighted by Crippen LogP contribution is 2.28. The van der Waals surface area contributed by atoms with Crippen LogP contribution in [0.1, 0.15) is 36.5 Å². The summed E-state index contributed by atoms with van der Waals surface area (Å²) in [5.41, 5.74) is 1.34. The van der Waals surface area contributed by atoms with Gasteiger partial charge in [0.15, 0.2) is 0 Å². The van der Waals surface area contributed by atoms with Crippen molar-refractivity contribution in [1.29, 1.82) is 0 Å². The maximum absolute atomic E-state index is 12.3. The monoisotopic (exact) mass is 361 g/mol. The van der Waals surface area contributed by atoms with Crippen LogP contribution >= 0.6 is 11.6 Å². The Bertz CT molecular complexity index is 765. The molecule has 2 amide bonds. The Morgan fingerprint density at radius 2 is 2.04 bits per heavy atom. The zero-order valence-corrected chi connectivity index (χ0v) is 14.9. The standard InChI is InChI=1S/C18H20ClN3O3/c1-3-4-5-17(23)22-15-10-12(6-7-16(15)25-2)21-18(24)13-8-9-20-11-14(13)19/h6-11H,3-5H2,1-2H3,(H,21,24)(H,22,23). The zero-order valence-electron chi connectivity index (χ0n) is 14.1. The first-order valence-electron chi connectivity index (χ1n) is 7.94. The van der Waals surface area contributed by atoms with Crippen molar-refractivity contribution in [2.45, 2.75) is 26.2 Å². The van der Waals surface area contributed by atoms with Crippen molar-refractivity contribution in [2.75, 3.05) is 17.7 Å². The molecule has 0 aliphatic carbocycles. The van der Waals surface area contributed by atoms with Crippen LogP contribution < -0.4 is 15.4 Å². The number of nitrogens with zero attached hydrogens (tertiary/aromatic N) is 1. The number of ether oxygens (including phenoxy) is 1. The highest BCUT2D eigenvalue weighted by Gasteiger charge is 2.13. The summed E-state index contributed by atoms with van der Waals surface area (Å²) in [5.74, 6) is 0.0615. The molecule has 132 valence electrons. The summed E-state index contributed by atoms with van der Waals surface area (Å²) in [4.78, 5) is 28.1. The Labute approximate surface area is 151 Å². The van der Waals surface area contributed by atoms with Gasteiger partial charge in [-0.1, -0.05) is 24.9 Å². The molecule has 2 N–H and O–H groups in total. The second-order valence-corrected chi connectivity index (χ2v) is 5.78. The van der Waals surface area contributed by atoms with Gasteiger partial charge in [-0.3, -0.25) is 14.6 Å². The van der Waals surface area contributed by atoms with Crippen molar-refractivity contribution in [3.8, 4) is 5.75 Å². The van der Waals surface area contributed by atoms with E-state index in [1.54, 1.807) is 18.2 Å². The lowest BCUT2D eigenvalue weighted by Gasteiger charge is -2.13. The number of aromatic nitrogens is 1. The van der Waals surface area contributed by atoms with Crippen molar-refractivity contribution < 1.29 is 14.3 Å². The van der Waals surface area contributed by atoms with Gasteiger partial charge in [-0.25, -0.2) is 0 Å². The van der Waals surface area contributed by atoms with Gasteiger partial charge in [0, 0.05) is 24.5 Å². The molecule has 1 aromatic heterocycles. The minimum Gasteiger partial charge on any atom is -0.495 e. The van der Waals surface area contributed by atoms with Gasteiger partial charge in [-0.15, -0.1) is 0 Å². The first-order valence-corrected chi connectivity index (χ1v) is 8.31. The van der Waals surface area contributed by atoms with Gasteiger partial charge in [-0.05, 0) is 30.7 Å². The lowest BCUT2D eigenvalue weighted by Crippen LogP contribution is -2.14. The van der Waals surface area contributed by atoms with Gasteiger partial charge >= 0.3 is 0 Å². The molecular formula is C18H20ClN3O3. The first-order chi connectivity index (χ1) is 12.0. The fourth-order valence-corrected chi connectivity index (χ4v) is 2.40. The van der Waals surface area contributed by atoms with Gasteiger partial charge in [0.25, 0.3) is 5.91 Å². The van der Waals surface area contributed by atoms with Crippen LogP contribution in [0.5, 0.6) is 5.75 Å². The second kappa shape index (κ2) is 9.03. The molecule has 2 rings (SSSR count). The van der Waals surface area contributed by atoms with Crippen LogP contribution in [0, 0.1) is 0 Å². The molecule has 0 saturated heterocycles. The minimum absolute atomic E-state index is 0.0965. The van der Waals surface area contributed by atoms with E-state index in [0.29, 0.717) is 29.1 Å². The molecule has 0 unspecified atom stereocenters. The number of halogens is 1. The molecule has 25 heavy (non-hydrogen) atoms. The predicted octanol–water partition coefficient (Wildman–Crippen LogP) is 4.12. The topological polar surface area (TPSA) is 80.3 Å². The average Bonchev–Trinajstić information content (AvgIpc) is 2.60. The molecular weight excluding hydrogens is 342 g/mol. The normalized spacial score (nSPS) is 10.2. The lowest BCUT2D eigenvalue weighted by atomic mass is 10.2. The van der Waals surface area contributed by atoms with Gasteiger partial charge in [-0.2, -0.15) is 0 Å². The van der Waals surface area contributed by atoms with Crippen LogP contribution in [-0.4, -0.2) is 23.9 Å². The van der Waals surface area contributed by atoms with Crippen molar-refractivity contribution in [3.63, 3.8) is 0 Å². The number of amides is 2. The molecule has 1 heterocycles. The molecule has 0 fully saturated rings. The Morgan fingerprint density at radius 1 is 1.24 bits per heavy atom. The summed E-state index contributed by atoms with van der Waals surface area (Å²) in [7, 11) is 1.52. The van der Waals surface area contributed by atoms with Gasteiger partial charge < -0.3 is 15.4 Å². The molecule has 7 heteroatoms. The summed E-state index contributed by atoms with van der Waals surface area (Å²) in [5, 5.41) is 5.82. The number of hydrogen-bond acceptors (Lipinski definition) is 4. The fraction of sp³-hybridized carbons (Fsp3) is 0.278. The number of nitrogens with one attached hydrogen (secondary N) is 2. The molecule has 0 radical (unpaired) electrons. The number of pyridine rings is 1.